The van der Waals surface area contributed by atoms with Crippen LogP contribution in [0.5, 0.6) is 11.5 Å². The highest BCUT2D eigenvalue weighted by Gasteiger charge is 2.21. The van der Waals surface area contributed by atoms with E-state index in [1.165, 1.54) is 0 Å². The van der Waals surface area contributed by atoms with Gasteiger partial charge >= 0.3 is 0 Å². The molecule has 2 aromatic rings. The Balaban J connectivity index is 1.55. The van der Waals surface area contributed by atoms with Gasteiger partial charge in [-0.05, 0) is 6.92 Å². The van der Waals surface area contributed by atoms with Gasteiger partial charge in [-0.1, -0.05) is 13.8 Å². The van der Waals surface area contributed by atoms with Crippen molar-refractivity contribution in [3.63, 3.8) is 0 Å². The summed E-state index contributed by atoms with van der Waals surface area (Å²) in [6.07, 6.45) is 0. The number of aromatic nitrogens is 2. The van der Waals surface area contributed by atoms with E-state index in [1.54, 1.807) is 32.4 Å². The van der Waals surface area contributed by atoms with E-state index in [-0.39, 0.29) is 5.91 Å². The number of benzene rings is 1. The third-order valence-electron chi connectivity index (χ3n) is 5.07. The highest BCUT2D eigenvalue weighted by atomic mass is 16.5. The van der Waals surface area contributed by atoms with Gasteiger partial charge in [0.05, 0.1) is 20.8 Å². The number of nitrogens with one attached hydrogen (secondary N) is 1. The quantitative estimate of drug-likeness (QED) is 0.747. The highest BCUT2D eigenvalue weighted by Crippen LogP contribution is 2.26. The summed E-state index contributed by atoms with van der Waals surface area (Å²) in [6.45, 7) is 9.81. The van der Waals surface area contributed by atoms with Crippen LogP contribution in [0.1, 0.15) is 31.3 Å². The fraction of sp³-hybridized carbons (Fsp3) is 0.500. The van der Waals surface area contributed by atoms with Gasteiger partial charge in [-0.25, -0.2) is 9.97 Å². The monoisotopic (exact) mass is 413 g/mol. The average molecular weight is 414 g/mol. The van der Waals surface area contributed by atoms with Crippen LogP contribution in [0.2, 0.25) is 0 Å². The number of carbonyl (C=O) groups excluding carboxylic acids is 1. The summed E-state index contributed by atoms with van der Waals surface area (Å²) in [5.74, 6) is 3.36. The summed E-state index contributed by atoms with van der Waals surface area (Å²) in [6, 6.07) is 7.36. The number of amides is 1. The Kier molecular flexibility index (Phi) is 7.10. The van der Waals surface area contributed by atoms with Gasteiger partial charge in [-0.3, -0.25) is 9.69 Å². The van der Waals surface area contributed by atoms with Gasteiger partial charge in [0.1, 0.15) is 23.1 Å². The minimum atomic E-state index is -0.0567. The van der Waals surface area contributed by atoms with Crippen molar-refractivity contribution in [2.75, 3.05) is 57.2 Å². The molecule has 0 aliphatic carbocycles. The van der Waals surface area contributed by atoms with Gasteiger partial charge in [-0.15, -0.1) is 0 Å². The van der Waals surface area contributed by atoms with E-state index in [1.807, 2.05) is 13.0 Å². The molecule has 162 valence electrons. The van der Waals surface area contributed by atoms with Crippen LogP contribution in [-0.2, 0) is 4.79 Å². The first-order valence-corrected chi connectivity index (χ1v) is 10.2. The van der Waals surface area contributed by atoms with E-state index in [0.717, 1.165) is 43.5 Å². The zero-order valence-electron chi connectivity index (χ0n) is 18.4. The third-order valence-corrected chi connectivity index (χ3v) is 5.07. The van der Waals surface area contributed by atoms with Crippen molar-refractivity contribution in [1.29, 1.82) is 0 Å². The zero-order valence-corrected chi connectivity index (χ0v) is 18.4. The van der Waals surface area contributed by atoms with Crippen LogP contribution < -0.4 is 19.7 Å². The molecule has 0 saturated carbocycles. The van der Waals surface area contributed by atoms with Crippen LogP contribution in [-0.4, -0.2) is 67.7 Å². The summed E-state index contributed by atoms with van der Waals surface area (Å²) in [5.41, 5.74) is 1.65. The van der Waals surface area contributed by atoms with E-state index in [4.69, 9.17) is 14.5 Å². The average Bonchev–Trinajstić information content (AvgIpc) is 2.73. The van der Waals surface area contributed by atoms with Crippen molar-refractivity contribution in [2.45, 2.75) is 26.7 Å². The number of hydrogen-bond donors (Lipinski definition) is 1. The SMILES string of the molecule is COc1cc(NC(=O)CN2CCN(c3cc(C)nc(C(C)C)n3)CC2)cc(OC)c1. The summed E-state index contributed by atoms with van der Waals surface area (Å²) < 4.78 is 10.5. The van der Waals surface area contributed by atoms with Crippen LogP contribution in [0.25, 0.3) is 0 Å². The van der Waals surface area contributed by atoms with Crippen molar-refractivity contribution >= 4 is 17.4 Å². The molecule has 1 fully saturated rings. The van der Waals surface area contributed by atoms with Gasteiger partial charge in [0.25, 0.3) is 0 Å². The molecule has 30 heavy (non-hydrogen) atoms. The van der Waals surface area contributed by atoms with Crippen molar-refractivity contribution < 1.29 is 14.3 Å². The number of nitrogens with zero attached hydrogens (tertiary/aromatic N) is 4. The Bertz CT molecular complexity index is 857. The lowest BCUT2D eigenvalue weighted by Crippen LogP contribution is -2.49. The molecule has 0 atom stereocenters. The Morgan fingerprint density at radius 3 is 2.23 bits per heavy atom. The number of ether oxygens (including phenoxy) is 2. The minimum absolute atomic E-state index is 0.0567. The highest BCUT2D eigenvalue weighted by molar-refractivity contribution is 5.92. The van der Waals surface area contributed by atoms with E-state index in [9.17, 15) is 4.79 Å². The number of rotatable bonds is 7. The summed E-state index contributed by atoms with van der Waals surface area (Å²) in [5, 5.41) is 2.93. The molecule has 1 aliphatic heterocycles. The Morgan fingerprint density at radius 1 is 1.03 bits per heavy atom. The maximum atomic E-state index is 12.5. The predicted octanol–water partition coefficient (Wildman–Crippen LogP) is 2.69. The van der Waals surface area contributed by atoms with Gasteiger partial charge in [0.15, 0.2) is 0 Å². The van der Waals surface area contributed by atoms with Crippen LogP contribution in [0.15, 0.2) is 24.3 Å². The second-order valence-electron chi connectivity index (χ2n) is 7.79. The van der Waals surface area contributed by atoms with Crippen molar-refractivity contribution in [2.24, 2.45) is 0 Å². The zero-order chi connectivity index (χ0) is 21.7. The second kappa shape index (κ2) is 9.75. The molecular weight excluding hydrogens is 382 g/mol. The second-order valence-corrected chi connectivity index (χ2v) is 7.79. The molecule has 1 saturated heterocycles. The van der Waals surface area contributed by atoms with Gasteiger partial charge in [0, 0.05) is 67.7 Å². The molecule has 0 spiro atoms. The number of anilines is 2. The topological polar surface area (TPSA) is 79.8 Å². The summed E-state index contributed by atoms with van der Waals surface area (Å²) >= 11 is 0. The number of methoxy groups -OCH3 is 2. The first-order chi connectivity index (χ1) is 14.4. The van der Waals surface area contributed by atoms with E-state index < -0.39 is 0 Å². The first-order valence-electron chi connectivity index (χ1n) is 10.2. The molecular formula is C22H31N5O3. The Hall–Kier alpha value is -2.87. The molecule has 1 aromatic carbocycles. The normalized spacial score (nSPS) is 14.7. The molecule has 2 heterocycles. The molecule has 0 radical (unpaired) electrons. The molecule has 8 nitrogen and oxygen atoms in total. The molecule has 1 amide bonds. The number of carbonyl (C=O) groups is 1. The predicted molar refractivity (Wildman–Crippen MR) is 118 cm³/mol. The van der Waals surface area contributed by atoms with E-state index in [0.29, 0.717) is 29.6 Å². The van der Waals surface area contributed by atoms with Crippen molar-refractivity contribution in [3.05, 3.63) is 35.8 Å². The van der Waals surface area contributed by atoms with Gasteiger partial charge in [-0.2, -0.15) is 0 Å². The molecule has 1 aliphatic rings. The number of aryl methyl sites for hydroxylation is 1. The van der Waals surface area contributed by atoms with Crippen LogP contribution in [0.3, 0.4) is 0 Å². The molecule has 0 bridgehead atoms. The lowest BCUT2D eigenvalue weighted by atomic mass is 10.2. The molecule has 0 unspecified atom stereocenters. The lowest BCUT2D eigenvalue weighted by molar-refractivity contribution is -0.117. The number of hydrogen-bond acceptors (Lipinski definition) is 7. The first kappa shape index (κ1) is 21.8. The van der Waals surface area contributed by atoms with Crippen molar-refractivity contribution in [3.8, 4) is 11.5 Å². The largest absolute Gasteiger partial charge is 0.497 e. The fourth-order valence-electron chi connectivity index (χ4n) is 3.41. The number of piperazine rings is 1. The molecule has 1 N–H and O–H groups in total. The fourth-order valence-corrected chi connectivity index (χ4v) is 3.41. The smallest absolute Gasteiger partial charge is 0.238 e. The molecule has 1 aromatic heterocycles. The molecule has 8 heteroatoms. The van der Waals surface area contributed by atoms with E-state index >= 15 is 0 Å². The molecule has 3 rings (SSSR count). The summed E-state index contributed by atoms with van der Waals surface area (Å²) in [7, 11) is 3.17. The maximum absolute atomic E-state index is 12.5. The Morgan fingerprint density at radius 2 is 1.67 bits per heavy atom. The van der Waals surface area contributed by atoms with Crippen LogP contribution in [0, 0.1) is 6.92 Å². The summed E-state index contributed by atoms with van der Waals surface area (Å²) in [4.78, 5) is 26.2. The van der Waals surface area contributed by atoms with E-state index in [2.05, 4.69) is 33.9 Å². The van der Waals surface area contributed by atoms with Crippen molar-refractivity contribution in [1.82, 2.24) is 14.9 Å². The van der Waals surface area contributed by atoms with Crippen LogP contribution >= 0.6 is 0 Å². The Labute approximate surface area is 178 Å². The lowest BCUT2D eigenvalue weighted by Gasteiger charge is -2.35. The van der Waals surface area contributed by atoms with Gasteiger partial charge < -0.3 is 19.7 Å². The maximum Gasteiger partial charge on any atom is 0.238 e. The minimum Gasteiger partial charge on any atom is -0.497 e. The standard InChI is InChI=1S/C22H31N5O3/c1-15(2)22-23-16(3)10-20(25-22)27-8-6-26(7-9-27)14-21(28)24-17-11-18(29-4)13-19(12-17)30-5/h10-13,15H,6-9,14H2,1-5H3,(H,24,28). The third kappa shape index (κ3) is 5.60. The van der Waals surface area contributed by atoms with Gasteiger partial charge in [0.2, 0.25) is 5.91 Å². The van der Waals surface area contributed by atoms with Crippen LogP contribution in [0.4, 0.5) is 11.5 Å².